The van der Waals surface area contributed by atoms with Crippen LogP contribution in [0.1, 0.15) is 10.4 Å². The van der Waals surface area contributed by atoms with Crippen molar-refractivity contribution in [3.63, 3.8) is 0 Å². The fraction of sp³-hybridized carbons (Fsp3) is 0.0588. The molecule has 0 fully saturated rings. The van der Waals surface area contributed by atoms with Crippen LogP contribution in [0.2, 0.25) is 0 Å². The summed E-state index contributed by atoms with van der Waals surface area (Å²) in [7, 11) is -5.90. The molecule has 0 aliphatic heterocycles. The molecule has 0 heterocycles. The highest BCUT2D eigenvalue weighted by Gasteiger charge is 2.31. The first kappa shape index (κ1) is 24.5. The third-order valence-corrected chi connectivity index (χ3v) is 5.15. The maximum Gasteiger partial charge on any atom is 0.411 e. The van der Waals surface area contributed by atoms with Crippen molar-refractivity contribution in [1.82, 2.24) is 0 Å². The lowest BCUT2D eigenvalue weighted by Crippen LogP contribution is -2.17. The smallest absolute Gasteiger partial charge is 0.411 e. The number of hydrogen-bond acceptors (Lipinski definition) is 7. The molecule has 0 bridgehead atoms. The molecule has 0 aliphatic rings. The Balaban J connectivity index is 2.33. The molecule has 0 radical (unpaired) electrons. The summed E-state index contributed by atoms with van der Waals surface area (Å²) in [6.07, 6.45) is 0.490. The zero-order chi connectivity index (χ0) is 23.5. The lowest BCUT2D eigenvalue weighted by molar-refractivity contribution is 0.0716. The van der Waals surface area contributed by atoms with Gasteiger partial charge in [0.05, 0.1) is 11.3 Å². The van der Waals surface area contributed by atoms with Crippen molar-refractivity contribution in [2.75, 3.05) is 11.9 Å². The molecule has 2 rings (SSSR count). The minimum Gasteiger partial charge on any atom is -0.744 e. The van der Waals surface area contributed by atoms with E-state index in [1.54, 1.807) is 22.6 Å². The first-order valence-electron chi connectivity index (χ1n) is 7.76. The number of amides is 1. The highest BCUT2D eigenvalue weighted by molar-refractivity contribution is 14.1. The molecule has 0 saturated heterocycles. The predicted molar refractivity (Wildman–Crippen MR) is 104 cm³/mol. The van der Waals surface area contributed by atoms with Crippen molar-refractivity contribution >= 4 is 50.5 Å². The number of carbonyl (C=O) groups excluding carboxylic acids is 2. The second-order valence-corrected chi connectivity index (χ2v) is 7.94. The average Bonchev–Trinajstić information content (AvgIpc) is 2.68. The lowest BCUT2D eigenvalue weighted by atomic mass is 10.2. The van der Waals surface area contributed by atoms with E-state index >= 15 is 0 Å². The number of ether oxygens (including phenoxy) is 2. The first-order chi connectivity index (χ1) is 14.4. The number of anilines is 1. The molecule has 0 aliphatic carbocycles. The minimum absolute atomic E-state index is 0.0660. The number of carbonyl (C=O) groups is 2. The molecule has 2 aromatic rings. The van der Waals surface area contributed by atoms with Crippen LogP contribution < -0.4 is 10.1 Å². The normalized spacial score (nSPS) is 11.0. The second kappa shape index (κ2) is 9.61. The summed E-state index contributed by atoms with van der Waals surface area (Å²) in [5.74, 6) is -13.2. The fourth-order valence-electron chi connectivity index (χ4n) is 2.08. The molecule has 1 N–H and O–H groups in total. The van der Waals surface area contributed by atoms with Crippen LogP contribution in [0.25, 0.3) is 0 Å². The SMILES string of the molecule is C=CCOC(=O)Nc1ccc(C(=O)Oc2c(F)c(F)c(S(=O)(=O)[O-])c(F)c2F)cc1I. The Morgan fingerprint density at radius 2 is 1.71 bits per heavy atom. The zero-order valence-corrected chi connectivity index (χ0v) is 17.9. The summed E-state index contributed by atoms with van der Waals surface area (Å²) in [5.41, 5.74) is -0.166. The van der Waals surface area contributed by atoms with Gasteiger partial charge in [-0.15, -0.1) is 0 Å². The number of halogens is 5. The Labute approximate surface area is 185 Å². The van der Waals surface area contributed by atoms with Crippen LogP contribution in [0.5, 0.6) is 5.75 Å². The molecular formula is C17H9F4INO7S-. The lowest BCUT2D eigenvalue weighted by Gasteiger charge is -2.14. The number of esters is 1. The monoisotopic (exact) mass is 574 g/mol. The van der Waals surface area contributed by atoms with Crippen LogP contribution in [0.15, 0.2) is 35.7 Å². The van der Waals surface area contributed by atoms with Crippen LogP contribution in [-0.2, 0) is 14.9 Å². The van der Waals surface area contributed by atoms with Gasteiger partial charge in [-0.05, 0) is 40.8 Å². The van der Waals surface area contributed by atoms with E-state index in [0.717, 1.165) is 12.1 Å². The largest absolute Gasteiger partial charge is 0.744 e. The highest BCUT2D eigenvalue weighted by Crippen LogP contribution is 2.33. The van der Waals surface area contributed by atoms with E-state index in [1.807, 2.05) is 0 Å². The van der Waals surface area contributed by atoms with Gasteiger partial charge in [0.2, 0.25) is 17.4 Å². The number of nitrogens with one attached hydrogen (secondary N) is 1. The van der Waals surface area contributed by atoms with Gasteiger partial charge in [0.25, 0.3) is 0 Å². The van der Waals surface area contributed by atoms with E-state index in [4.69, 9.17) is 4.74 Å². The summed E-state index contributed by atoms with van der Waals surface area (Å²) in [6.45, 7) is 3.29. The van der Waals surface area contributed by atoms with E-state index < -0.39 is 56.1 Å². The topological polar surface area (TPSA) is 122 Å². The molecule has 166 valence electrons. The van der Waals surface area contributed by atoms with Crippen LogP contribution >= 0.6 is 22.6 Å². The third kappa shape index (κ3) is 5.50. The summed E-state index contributed by atoms with van der Waals surface area (Å²) < 4.78 is 97.2. The molecule has 8 nitrogen and oxygen atoms in total. The van der Waals surface area contributed by atoms with Crippen LogP contribution in [0, 0.1) is 26.8 Å². The maximum absolute atomic E-state index is 14.0. The van der Waals surface area contributed by atoms with Crippen molar-refractivity contribution in [3.05, 3.63) is 63.3 Å². The van der Waals surface area contributed by atoms with Crippen molar-refractivity contribution in [2.24, 2.45) is 0 Å². The van der Waals surface area contributed by atoms with Gasteiger partial charge in [0.1, 0.15) is 21.6 Å². The van der Waals surface area contributed by atoms with Gasteiger partial charge in [-0.3, -0.25) is 5.32 Å². The molecule has 0 unspecified atom stereocenters. The molecule has 0 atom stereocenters. The van der Waals surface area contributed by atoms with Crippen molar-refractivity contribution in [1.29, 1.82) is 0 Å². The standard InChI is InChI=1S/C17H10F4INO7S/c1-2-5-29-17(25)23-9-4-3-7(6-8(9)22)16(24)30-14-10(18)12(20)15(31(26,27)28)13(21)11(14)19/h2-4,6H,1,5H2,(H,23,25)(H,26,27,28)/p-1. The fourth-order valence-corrected chi connectivity index (χ4v) is 3.34. The third-order valence-electron chi connectivity index (χ3n) is 3.40. The Bertz CT molecular complexity index is 1160. The molecule has 14 heteroatoms. The summed E-state index contributed by atoms with van der Waals surface area (Å²) in [6, 6.07) is 3.35. The summed E-state index contributed by atoms with van der Waals surface area (Å²) in [4.78, 5) is 21.3. The highest BCUT2D eigenvalue weighted by atomic mass is 127. The Kier molecular flexibility index (Phi) is 7.61. The number of hydrogen-bond donors (Lipinski definition) is 1. The van der Waals surface area contributed by atoms with Gasteiger partial charge in [0.15, 0.2) is 11.6 Å². The van der Waals surface area contributed by atoms with Gasteiger partial charge in [-0.25, -0.2) is 26.8 Å². The van der Waals surface area contributed by atoms with Gasteiger partial charge in [0, 0.05) is 3.57 Å². The Morgan fingerprint density at radius 1 is 1.13 bits per heavy atom. The minimum atomic E-state index is -5.90. The Morgan fingerprint density at radius 3 is 2.19 bits per heavy atom. The van der Waals surface area contributed by atoms with Crippen molar-refractivity contribution in [3.8, 4) is 5.75 Å². The van der Waals surface area contributed by atoms with E-state index in [2.05, 4.69) is 16.6 Å². The first-order valence-corrected chi connectivity index (χ1v) is 10.2. The van der Waals surface area contributed by atoms with Gasteiger partial charge < -0.3 is 14.0 Å². The van der Waals surface area contributed by atoms with Crippen molar-refractivity contribution in [2.45, 2.75) is 4.90 Å². The molecule has 2 aromatic carbocycles. The van der Waals surface area contributed by atoms with Crippen molar-refractivity contribution < 1.29 is 49.6 Å². The van der Waals surface area contributed by atoms with Crippen LogP contribution in [0.3, 0.4) is 0 Å². The Hall–Kier alpha value is -2.72. The maximum atomic E-state index is 14.0. The van der Waals surface area contributed by atoms with Gasteiger partial charge in [-0.1, -0.05) is 12.7 Å². The molecule has 0 saturated carbocycles. The van der Waals surface area contributed by atoms with E-state index in [1.165, 1.54) is 12.1 Å². The molecule has 31 heavy (non-hydrogen) atoms. The number of rotatable bonds is 6. The molecule has 0 aromatic heterocycles. The quantitative estimate of drug-likeness (QED) is 0.106. The summed E-state index contributed by atoms with van der Waals surface area (Å²) in [5, 5.41) is 2.34. The van der Waals surface area contributed by atoms with Gasteiger partial charge in [-0.2, -0.15) is 8.78 Å². The second-order valence-electron chi connectivity index (χ2n) is 5.46. The van der Waals surface area contributed by atoms with E-state index in [9.17, 15) is 40.1 Å². The summed E-state index contributed by atoms with van der Waals surface area (Å²) >= 11 is 1.69. The molecule has 0 spiro atoms. The molecule has 1 amide bonds. The van der Waals surface area contributed by atoms with Crippen LogP contribution in [-0.4, -0.2) is 31.6 Å². The molecular weight excluding hydrogens is 565 g/mol. The van der Waals surface area contributed by atoms with Crippen LogP contribution in [0.4, 0.5) is 28.0 Å². The average molecular weight is 574 g/mol. The predicted octanol–water partition coefficient (Wildman–Crippen LogP) is 3.71. The van der Waals surface area contributed by atoms with Gasteiger partial charge >= 0.3 is 12.1 Å². The van der Waals surface area contributed by atoms with E-state index in [0.29, 0.717) is 0 Å². The zero-order valence-electron chi connectivity index (χ0n) is 14.9. The number of benzene rings is 2. The van der Waals surface area contributed by atoms with E-state index in [-0.39, 0.29) is 21.4 Å².